The average Bonchev–Trinajstić information content (AvgIpc) is 2.87. The first-order valence-electron chi connectivity index (χ1n) is 6.18. The number of Topliss-reactive ketones (excluding diaryl/α,β-unsaturated/α-hetero) is 1. The highest BCUT2D eigenvalue weighted by molar-refractivity contribution is 5.94. The molecule has 4 bridgehead atoms. The predicted octanol–water partition coefficient (Wildman–Crippen LogP) is 0.296. The van der Waals surface area contributed by atoms with Crippen LogP contribution >= 0.6 is 0 Å². The summed E-state index contributed by atoms with van der Waals surface area (Å²) in [6.07, 6.45) is 0. The van der Waals surface area contributed by atoms with Gasteiger partial charge >= 0.3 is 0 Å². The maximum Gasteiger partial charge on any atom is 0.175 e. The fourth-order valence-corrected chi connectivity index (χ4v) is 6.65. The van der Waals surface area contributed by atoms with E-state index in [0.717, 1.165) is 25.0 Å². The van der Waals surface area contributed by atoms with Crippen LogP contribution in [0.5, 0.6) is 0 Å². The lowest BCUT2D eigenvalue weighted by Crippen LogP contribution is -2.61. The normalized spacial score (nSPS) is 72.9. The van der Waals surface area contributed by atoms with Gasteiger partial charge in [-0.3, -0.25) is 4.79 Å². The van der Waals surface area contributed by atoms with Gasteiger partial charge in [-0.15, -0.1) is 0 Å². The minimum absolute atomic E-state index is 0.276. The summed E-state index contributed by atoms with van der Waals surface area (Å²) in [5.74, 6) is 5.07. The molecular weight excluding hydrogens is 192 g/mol. The highest BCUT2D eigenvalue weighted by Crippen LogP contribution is 2.90. The molecule has 1 heterocycles. The largest absolute Gasteiger partial charge is 0.347 e. The lowest BCUT2D eigenvalue weighted by molar-refractivity contribution is -0.225. The van der Waals surface area contributed by atoms with E-state index in [2.05, 4.69) is 0 Å². The zero-order valence-corrected chi connectivity index (χ0v) is 8.26. The molecule has 0 unspecified atom stereocenters. The highest BCUT2D eigenvalue weighted by Gasteiger charge is 2.95. The van der Waals surface area contributed by atoms with Crippen LogP contribution in [-0.2, 0) is 14.3 Å². The van der Waals surface area contributed by atoms with Crippen LogP contribution in [0, 0.1) is 47.3 Å². The molecule has 1 spiro atoms. The number of ketones is 1. The van der Waals surface area contributed by atoms with Gasteiger partial charge in [-0.1, -0.05) is 0 Å². The Morgan fingerprint density at radius 2 is 1.67 bits per heavy atom. The van der Waals surface area contributed by atoms with Gasteiger partial charge < -0.3 is 9.47 Å². The van der Waals surface area contributed by atoms with Gasteiger partial charge in [0.2, 0.25) is 0 Å². The Morgan fingerprint density at radius 3 is 2.33 bits per heavy atom. The maximum absolute atomic E-state index is 12.1. The summed E-state index contributed by atoms with van der Waals surface area (Å²) in [5, 5.41) is 0. The molecular formula is C12H12O3. The molecule has 0 N–H and O–H groups in total. The van der Waals surface area contributed by atoms with Crippen molar-refractivity contribution in [2.45, 2.75) is 5.79 Å². The Labute approximate surface area is 87.1 Å². The first-order chi connectivity index (χ1) is 7.36. The summed E-state index contributed by atoms with van der Waals surface area (Å²) in [4.78, 5) is 12.1. The smallest absolute Gasteiger partial charge is 0.175 e. The molecule has 1 aliphatic heterocycles. The van der Waals surface area contributed by atoms with Crippen molar-refractivity contribution in [3.8, 4) is 0 Å². The Kier molecular flexibility index (Phi) is 0.753. The van der Waals surface area contributed by atoms with E-state index in [0.29, 0.717) is 41.3 Å². The molecule has 6 saturated carbocycles. The van der Waals surface area contributed by atoms with Crippen molar-refractivity contribution in [3.05, 3.63) is 0 Å². The molecule has 3 nitrogen and oxygen atoms in total. The molecule has 7 aliphatic rings. The van der Waals surface area contributed by atoms with E-state index < -0.39 is 0 Å². The van der Waals surface area contributed by atoms with Gasteiger partial charge in [0.15, 0.2) is 5.79 Å². The third kappa shape index (κ3) is 0.388. The third-order valence-electron chi connectivity index (χ3n) is 6.53. The molecule has 6 aliphatic carbocycles. The van der Waals surface area contributed by atoms with Crippen molar-refractivity contribution < 1.29 is 14.3 Å². The third-order valence-corrected chi connectivity index (χ3v) is 6.53. The molecule has 15 heavy (non-hydrogen) atoms. The van der Waals surface area contributed by atoms with Crippen LogP contribution in [0.15, 0.2) is 0 Å². The van der Waals surface area contributed by atoms with Gasteiger partial charge in [-0.25, -0.2) is 0 Å². The van der Waals surface area contributed by atoms with Crippen molar-refractivity contribution in [1.82, 2.24) is 0 Å². The molecule has 3 heteroatoms. The van der Waals surface area contributed by atoms with Crippen LogP contribution in [0.2, 0.25) is 0 Å². The number of hydrogen-bond acceptors (Lipinski definition) is 3. The lowest BCUT2D eigenvalue weighted by Gasteiger charge is -2.61. The van der Waals surface area contributed by atoms with Gasteiger partial charge in [-0.05, 0) is 23.7 Å². The van der Waals surface area contributed by atoms with Gasteiger partial charge in [0.25, 0.3) is 0 Å². The predicted molar refractivity (Wildman–Crippen MR) is 47.6 cm³/mol. The van der Waals surface area contributed by atoms with Crippen LogP contribution in [-0.4, -0.2) is 24.8 Å². The topological polar surface area (TPSA) is 35.5 Å². The van der Waals surface area contributed by atoms with Crippen molar-refractivity contribution in [3.63, 3.8) is 0 Å². The number of carbonyl (C=O) groups is 1. The minimum atomic E-state index is -0.276. The Hall–Kier alpha value is -0.410. The second-order valence-electron chi connectivity index (χ2n) is 6.23. The van der Waals surface area contributed by atoms with E-state index in [1.165, 1.54) is 0 Å². The fourth-order valence-electron chi connectivity index (χ4n) is 6.65. The summed E-state index contributed by atoms with van der Waals surface area (Å²) in [7, 11) is 0. The number of rotatable bonds is 0. The average molecular weight is 204 g/mol. The van der Waals surface area contributed by atoms with Crippen LogP contribution < -0.4 is 0 Å². The van der Waals surface area contributed by atoms with E-state index in [1.807, 2.05) is 0 Å². The van der Waals surface area contributed by atoms with Gasteiger partial charge in [0, 0.05) is 23.7 Å². The molecule has 0 aromatic heterocycles. The second kappa shape index (κ2) is 1.61. The van der Waals surface area contributed by atoms with Gasteiger partial charge in [0.05, 0.1) is 13.2 Å². The standard InChI is InChI=1S/C12H12O3/c13-11-7-3-4-6(7)10-8(11)5(3)9(4)12(10)14-1-2-15-12/h3-10H,1-2H2/t3-,4-,5+,6-,7-,8-,9+,10+/m0/s1. The molecule has 78 valence electrons. The summed E-state index contributed by atoms with van der Waals surface area (Å²) >= 11 is 0. The molecule has 8 atom stereocenters. The van der Waals surface area contributed by atoms with Crippen molar-refractivity contribution in [2.75, 3.05) is 13.2 Å². The van der Waals surface area contributed by atoms with Crippen LogP contribution in [0.25, 0.3) is 0 Å². The van der Waals surface area contributed by atoms with E-state index in [9.17, 15) is 4.79 Å². The Balaban J connectivity index is 1.66. The zero-order valence-electron chi connectivity index (χ0n) is 8.26. The van der Waals surface area contributed by atoms with Crippen molar-refractivity contribution in [2.24, 2.45) is 47.3 Å². The van der Waals surface area contributed by atoms with E-state index >= 15 is 0 Å². The molecule has 0 amide bonds. The molecule has 7 fully saturated rings. The molecule has 1 saturated heterocycles. The van der Waals surface area contributed by atoms with Crippen LogP contribution in [0.3, 0.4) is 0 Å². The van der Waals surface area contributed by atoms with Crippen LogP contribution in [0.1, 0.15) is 0 Å². The molecule has 0 aromatic rings. The second-order valence-corrected chi connectivity index (χ2v) is 6.23. The number of hydrogen-bond donors (Lipinski definition) is 0. The Morgan fingerprint density at radius 1 is 0.933 bits per heavy atom. The summed E-state index contributed by atoms with van der Waals surface area (Å²) in [5.41, 5.74) is 0. The maximum atomic E-state index is 12.1. The fraction of sp³-hybridized carbons (Fsp3) is 0.917. The zero-order chi connectivity index (χ0) is 9.52. The number of ether oxygens (including phenoxy) is 2. The van der Waals surface area contributed by atoms with E-state index in [-0.39, 0.29) is 5.79 Å². The van der Waals surface area contributed by atoms with Gasteiger partial charge in [0.1, 0.15) is 5.78 Å². The number of carbonyl (C=O) groups excluding carboxylic acids is 1. The minimum Gasteiger partial charge on any atom is -0.347 e. The quantitative estimate of drug-likeness (QED) is 0.569. The molecule has 7 rings (SSSR count). The SMILES string of the molecule is O=C1[C@H]2[C@H]3[C@H]4[C@@H]2[C@@H]2[C@@H]1[C@@H]3[C@@H]4C21OCCO1. The van der Waals surface area contributed by atoms with Crippen molar-refractivity contribution in [1.29, 1.82) is 0 Å². The monoisotopic (exact) mass is 204 g/mol. The molecule has 0 radical (unpaired) electrons. The van der Waals surface area contributed by atoms with Crippen LogP contribution in [0.4, 0.5) is 0 Å². The summed E-state index contributed by atoms with van der Waals surface area (Å²) in [6.45, 7) is 1.49. The summed E-state index contributed by atoms with van der Waals surface area (Å²) in [6, 6.07) is 0. The van der Waals surface area contributed by atoms with E-state index in [4.69, 9.17) is 9.47 Å². The van der Waals surface area contributed by atoms with Gasteiger partial charge in [-0.2, -0.15) is 0 Å². The summed E-state index contributed by atoms with van der Waals surface area (Å²) < 4.78 is 11.9. The first kappa shape index (κ1) is 7.02. The first-order valence-corrected chi connectivity index (χ1v) is 6.18. The lowest BCUT2D eigenvalue weighted by atomic mass is 9.41. The molecule has 0 aromatic carbocycles. The van der Waals surface area contributed by atoms with E-state index in [1.54, 1.807) is 0 Å². The van der Waals surface area contributed by atoms with Crippen molar-refractivity contribution >= 4 is 5.78 Å². The highest BCUT2D eigenvalue weighted by atomic mass is 16.7. The Bertz CT molecular complexity index is 425.